The number of halogens is 2. The summed E-state index contributed by atoms with van der Waals surface area (Å²) in [4.78, 5) is 4.46. The molecule has 1 atom stereocenters. The Hall–Kier alpha value is -0.390. The van der Waals surface area contributed by atoms with Crippen molar-refractivity contribution in [2.45, 2.75) is 25.5 Å². The standard InChI is InChI=1S/C12H12Br2N2O/c13-8-4-5-9(14)12-11(8)15-7-16(12)10-3-1-2-6-17-10/h4-5,7,10H,1-3,6H2/t10-/m0/s1. The number of ether oxygens (including phenoxy) is 1. The third kappa shape index (κ3) is 2.04. The maximum atomic E-state index is 5.81. The number of nitrogens with zero attached hydrogens (tertiary/aromatic N) is 2. The van der Waals surface area contributed by atoms with Crippen LogP contribution in [0.1, 0.15) is 25.5 Å². The lowest BCUT2D eigenvalue weighted by atomic mass is 10.2. The lowest BCUT2D eigenvalue weighted by Crippen LogP contribution is -2.17. The van der Waals surface area contributed by atoms with Gasteiger partial charge in [0.15, 0.2) is 0 Å². The molecule has 1 saturated heterocycles. The Morgan fingerprint density at radius 2 is 2.06 bits per heavy atom. The van der Waals surface area contributed by atoms with Crippen LogP contribution >= 0.6 is 31.9 Å². The van der Waals surface area contributed by atoms with Crippen molar-refractivity contribution in [2.24, 2.45) is 0 Å². The average molecular weight is 360 g/mol. The highest BCUT2D eigenvalue weighted by molar-refractivity contribution is 9.11. The van der Waals surface area contributed by atoms with Crippen molar-refractivity contribution in [1.29, 1.82) is 0 Å². The molecule has 0 N–H and O–H groups in total. The van der Waals surface area contributed by atoms with Crippen LogP contribution in [0.25, 0.3) is 11.0 Å². The zero-order chi connectivity index (χ0) is 11.8. The molecule has 1 aliphatic rings. The van der Waals surface area contributed by atoms with E-state index < -0.39 is 0 Å². The molecule has 0 radical (unpaired) electrons. The van der Waals surface area contributed by atoms with Gasteiger partial charge in [-0.3, -0.25) is 0 Å². The van der Waals surface area contributed by atoms with Crippen molar-refractivity contribution >= 4 is 42.9 Å². The minimum absolute atomic E-state index is 0.124. The van der Waals surface area contributed by atoms with Gasteiger partial charge in [-0.05, 0) is 63.3 Å². The molecule has 17 heavy (non-hydrogen) atoms. The van der Waals surface area contributed by atoms with Crippen LogP contribution in [0.15, 0.2) is 27.4 Å². The minimum atomic E-state index is 0.124. The quantitative estimate of drug-likeness (QED) is 0.760. The normalized spacial score (nSPS) is 20.9. The number of hydrogen-bond donors (Lipinski definition) is 0. The van der Waals surface area contributed by atoms with Crippen molar-refractivity contribution in [3.8, 4) is 0 Å². The zero-order valence-electron chi connectivity index (χ0n) is 9.20. The molecule has 0 unspecified atom stereocenters. The molecule has 2 aromatic rings. The number of imidazole rings is 1. The third-order valence-electron chi connectivity index (χ3n) is 3.09. The van der Waals surface area contributed by atoms with Gasteiger partial charge in [-0.1, -0.05) is 0 Å². The van der Waals surface area contributed by atoms with Crippen LogP contribution in [-0.4, -0.2) is 16.2 Å². The van der Waals surface area contributed by atoms with Gasteiger partial charge in [0, 0.05) is 15.6 Å². The highest BCUT2D eigenvalue weighted by Crippen LogP contribution is 2.33. The van der Waals surface area contributed by atoms with E-state index in [9.17, 15) is 0 Å². The molecular weight excluding hydrogens is 348 g/mol. The molecule has 3 rings (SSSR count). The van der Waals surface area contributed by atoms with Gasteiger partial charge in [0.2, 0.25) is 0 Å². The van der Waals surface area contributed by atoms with Crippen molar-refractivity contribution in [2.75, 3.05) is 6.61 Å². The van der Waals surface area contributed by atoms with Crippen molar-refractivity contribution in [1.82, 2.24) is 9.55 Å². The highest BCUT2D eigenvalue weighted by Gasteiger charge is 2.19. The first-order valence-electron chi connectivity index (χ1n) is 5.69. The molecule has 0 amide bonds. The summed E-state index contributed by atoms with van der Waals surface area (Å²) < 4.78 is 10.0. The van der Waals surface area contributed by atoms with Gasteiger partial charge < -0.3 is 9.30 Å². The van der Waals surface area contributed by atoms with Gasteiger partial charge in [0.25, 0.3) is 0 Å². The first-order chi connectivity index (χ1) is 8.27. The number of hydrogen-bond acceptors (Lipinski definition) is 2. The van der Waals surface area contributed by atoms with Crippen LogP contribution in [-0.2, 0) is 4.74 Å². The van der Waals surface area contributed by atoms with Gasteiger partial charge in [0.1, 0.15) is 11.7 Å². The molecule has 1 aliphatic heterocycles. The van der Waals surface area contributed by atoms with E-state index in [0.29, 0.717) is 0 Å². The van der Waals surface area contributed by atoms with Crippen LogP contribution in [0.3, 0.4) is 0 Å². The van der Waals surface area contributed by atoms with Gasteiger partial charge in [-0.2, -0.15) is 0 Å². The van der Waals surface area contributed by atoms with E-state index in [0.717, 1.165) is 39.4 Å². The fourth-order valence-electron chi connectivity index (χ4n) is 2.24. The molecule has 0 spiro atoms. The number of rotatable bonds is 1. The Morgan fingerprint density at radius 1 is 1.24 bits per heavy atom. The molecule has 90 valence electrons. The molecule has 3 nitrogen and oxygen atoms in total. The molecule has 0 bridgehead atoms. The molecule has 1 fully saturated rings. The second-order valence-corrected chi connectivity index (χ2v) is 5.91. The van der Waals surface area contributed by atoms with E-state index in [1.54, 1.807) is 0 Å². The number of benzene rings is 1. The molecule has 5 heteroatoms. The topological polar surface area (TPSA) is 27.1 Å². The lowest BCUT2D eigenvalue weighted by Gasteiger charge is -2.24. The molecule has 1 aromatic carbocycles. The Labute approximate surface area is 116 Å². The van der Waals surface area contributed by atoms with E-state index in [1.165, 1.54) is 6.42 Å². The molecule has 1 aromatic heterocycles. The summed E-state index contributed by atoms with van der Waals surface area (Å²) in [6.07, 6.45) is 5.43. The van der Waals surface area contributed by atoms with Crippen LogP contribution in [0.5, 0.6) is 0 Å². The average Bonchev–Trinajstić information content (AvgIpc) is 2.81. The highest BCUT2D eigenvalue weighted by atomic mass is 79.9. The Morgan fingerprint density at radius 3 is 2.82 bits per heavy atom. The van der Waals surface area contributed by atoms with Crippen molar-refractivity contribution < 1.29 is 4.74 Å². The van der Waals surface area contributed by atoms with Crippen LogP contribution in [0, 0.1) is 0 Å². The fourth-order valence-corrected chi connectivity index (χ4v) is 3.19. The lowest BCUT2D eigenvalue weighted by molar-refractivity contribution is -0.0295. The number of aromatic nitrogens is 2. The van der Waals surface area contributed by atoms with Crippen LogP contribution < -0.4 is 0 Å². The maximum Gasteiger partial charge on any atom is 0.135 e. The summed E-state index contributed by atoms with van der Waals surface area (Å²) in [5.74, 6) is 0. The third-order valence-corrected chi connectivity index (χ3v) is 4.37. The van der Waals surface area contributed by atoms with E-state index in [4.69, 9.17) is 4.74 Å². The summed E-state index contributed by atoms with van der Waals surface area (Å²) in [5.41, 5.74) is 2.08. The monoisotopic (exact) mass is 358 g/mol. The predicted octanol–water partition coefficient (Wildman–Crippen LogP) is 4.26. The van der Waals surface area contributed by atoms with Crippen molar-refractivity contribution in [3.05, 3.63) is 27.4 Å². The minimum Gasteiger partial charge on any atom is -0.358 e. The predicted molar refractivity (Wildman–Crippen MR) is 74.0 cm³/mol. The van der Waals surface area contributed by atoms with Gasteiger partial charge >= 0.3 is 0 Å². The van der Waals surface area contributed by atoms with Crippen molar-refractivity contribution in [3.63, 3.8) is 0 Å². The second-order valence-electron chi connectivity index (χ2n) is 4.20. The SMILES string of the molecule is Brc1ccc(Br)c2c1ncn2[C@@H]1CCCCO1. The number of fused-ring (bicyclic) bond motifs is 1. The van der Waals surface area contributed by atoms with Crippen LogP contribution in [0.4, 0.5) is 0 Å². The summed E-state index contributed by atoms with van der Waals surface area (Å²) in [6.45, 7) is 0.843. The first kappa shape index (κ1) is 11.7. The maximum absolute atomic E-state index is 5.81. The Bertz CT molecular complexity index is 547. The van der Waals surface area contributed by atoms with Gasteiger partial charge in [-0.15, -0.1) is 0 Å². The zero-order valence-corrected chi connectivity index (χ0v) is 12.4. The largest absolute Gasteiger partial charge is 0.358 e. The fraction of sp³-hybridized carbons (Fsp3) is 0.417. The molecule has 0 aliphatic carbocycles. The summed E-state index contributed by atoms with van der Waals surface area (Å²) in [7, 11) is 0. The van der Waals surface area contributed by atoms with Gasteiger partial charge in [0.05, 0.1) is 11.8 Å². The first-order valence-corrected chi connectivity index (χ1v) is 7.28. The van der Waals surface area contributed by atoms with E-state index in [-0.39, 0.29) is 6.23 Å². The molecular formula is C12H12Br2N2O. The molecule has 2 heterocycles. The summed E-state index contributed by atoms with van der Waals surface area (Å²) in [5, 5.41) is 0. The molecule has 0 saturated carbocycles. The smallest absolute Gasteiger partial charge is 0.135 e. The van der Waals surface area contributed by atoms with Gasteiger partial charge in [-0.25, -0.2) is 4.98 Å². The summed E-state index contributed by atoms with van der Waals surface area (Å²) in [6, 6.07) is 4.04. The second kappa shape index (κ2) is 4.71. The van der Waals surface area contributed by atoms with E-state index >= 15 is 0 Å². The summed E-state index contributed by atoms with van der Waals surface area (Å²) >= 11 is 7.12. The van der Waals surface area contributed by atoms with E-state index in [1.807, 2.05) is 18.5 Å². The van der Waals surface area contributed by atoms with E-state index in [2.05, 4.69) is 41.4 Å². The van der Waals surface area contributed by atoms with Crippen LogP contribution in [0.2, 0.25) is 0 Å². The Balaban J connectivity index is 2.13. The Kier molecular flexibility index (Phi) is 3.23.